The fourth-order valence-electron chi connectivity index (χ4n) is 1.98. The molecule has 1 unspecified atom stereocenters. The minimum Gasteiger partial charge on any atom is -0.329 e. The SMILES string of the molecule is CCSCCc1nnc(NC(=O)C(CN)c2ccccc2)s1. The van der Waals surface area contributed by atoms with Crippen LogP contribution in [0, 0.1) is 0 Å². The molecule has 0 aliphatic heterocycles. The number of anilines is 1. The molecule has 0 radical (unpaired) electrons. The summed E-state index contributed by atoms with van der Waals surface area (Å²) in [6.45, 7) is 2.39. The van der Waals surface area contributed by atoms with Gasteiger partial charge in [0.25, 0.3) is 0 Å². The first-order valence-corrected chi connectivity index (χ1v) is 9.17. The second-order valence-electron chi connectivity index (χ2n) is 4.64. The zero-order chi connectivity index (χ0) is 15.8. The number of carbonyl (C=O) groups excluding carboxylic acids is 1. The van der Waals surface area contributed by atoms with Crippen molar-refractivity contribution in [2.24, 2.45) is 5.73 Å². The van der Waals surface area contributed by atoms with Crippen LogP contribution in [0.4, 0.5) is 5.13 Å². The number of thioether (sulfide) groups is 1. The van der Waals surface area contributed by atoms with E-state index in [0.29, 0.717) is 5.13 Å². The number of benzene rings is 1. The van der Waals surface area contributed by atoms with Gasteiger partial charge in [0, 0.05) is 13.0 Å². The quantitative estimate of drug-likeness (QED) is 0.724. The number of hydrogen-bond donors (Lipinski definition) is 2. The fraction of sp³-hybridized carbons (Fsp3) is 0.400. The molecule has 0 saturated heterocycles. The molecule has 1 heterocycles. The van der Waals surface area contributed by atoms with Gasteiger partial charge in [-0.05, 0) is 17.1 Å². The topological polar surface area (TPSA) is 80.9 Å². The molecule has 3 N–H and O–H groups in total. The molecule has 7 heteroatoms. The molecule has 1 amide bonds. The minimum absolute atomic E-state index is 0.140. The molecule has 22 heavy (non-hydrogen) atoms. The molecule has 1 aromatic heterocycles. The number of aromatic nitrogens is 2. The Morgan fingerprint density at radius 2 is 2.14 bits per heavy atom. The summed E-state index contributed by atoms with van der Waals surface area (Å²) < 4.78 is 0. The molecule has 1 aromatic carbocycles. The van der Waals surface area contributed by atoms with Crippen molar-refractivity contribution in [3.8, 4) is 0 Å². The van der Waals surface area contributed by atoms with Crippen LogP contribution in [0.25, 0.3) is 0 Å². The Hall–Kier alpha value is -1.44. The Bertz CT molecular complexity index is 588. The Morgan fingerprint density at radius 3 is 2.82 bits per heavy atom. The second-order valence-corrected chi connectivity index (χ2v) is 7.09. The maximum atomic E-state index is 12.4. The van der Waals surface area contributed by atoms with Gasteiger partial charge in [0.05, 0.1) is 5.92 Å². The van der Waals surface area contributed by atoms with Crippen molar-refractivity contribution >= 4 is 34.1 Å². The lowest BCUT2D eigenvalue weighted by molar-refractivity contribution is -0.117. The van der Waals surface area contributed by atoms with Gasteiger partial charge in [0.15, 0.2) is 0 Å². The molecular weight excluding hydrogens is 316 g/mol. The average Bonchev–Trinajstić information content (AvgIpc) is 2.97. The lowest BCUT2D eigenvalue weighted by Gasteiger charge is -2.13. The third-order valence-corrected chi connectivity index (χ3v) is 4.92. The molecule has 5 nitrogen and oxygen atoms in total. The Kier molecular flexibility index (Phi) is 6.82. The predicted octanol–water partition coefficient (Wildman–Crippen LogP) is 2.51. The number of nitrogens with zero attached hydrogens (tertiary/aromatic N) is 2. The highest BCUT2D eigenvalue weighted by Crippen LogP contribution is 2.20. The van der Waals surface area contributed by atoms with E-state index >= 15 is 0 Å². The van der Waals surface area contributed by atoms with E-state index in [1.807, 2.05) is 42.1 Å². The highest BCUT2D eigenvalue weighted by atomic mass is 32.2. The van der Waals surface area contributed by atoms with E-state index in [1.54, 1.807) is 0 Å². The highest BCUT2D eigenvalue weighted by Gasteiger charge is 2.20. The first-order valence-electron chi connectivity index (χ1n) is 7.20. The summed E-state index contributed by atoms with van der Waals surface area (Å²) in [5.74, 6) is 1.61. The van der Waals surface area contributed by atoms with Crippen molar-refractivity contribution in [1.82, 2.24) is 10.2 Å². The van der Waals surface area contributed by atoms with Crippen LogP contribution in [0.15, 0.2) is 30.3 Å². The van der Waals surface area contributed by atoms with E-state index < -0.39 is 0 Å². The summed E-state index contributed by atoms with van der Waals surface area (Å²) >= 11 is 3.29. The Morgan fingerprint density at radius 1 is 1.36 bits per heavy atom. The van der Waals surface area contributed by atoms with Gasteiger partial charge >= 0.3 is 0 Å². The molecular formula is C15H20N4OS2. The van der Waals surface area contributed by atoms with Crippen LogP contribution >= 0.6 is 23.1 Å². The largest absolute Gasteiger partial charge is 0.329 e. The van der Waals surface area contributed by atoms with Crippen LogP contribution in [-0.4, -0.2) is 34.2 Å². The summed E-state index contributed by atoms with van der Waals surface area (Å²) in [6.07, 6.45) is 0.880. The molecule has 0 aliphatic rings. The summed E-state index contributed by atoms with van der Waals surface area (Å²) in [5.41, 5.74) is 6.66. The minimum atomic E-state index is -0.371. The third-order valence-electron chi connectivity index (χ3n) is 3.12. The van der Waals surface area contributed by atoms with Gasteiger partial charge in [-0.3, -0.25) is 10.1 Å². The molecule has 0 fully saturated rings. The number of amides is 1. The first kappa shape index (κ1) is 16.9. The van der Waals surface area contributed by atoms with Gasteiger partial charge in [-0.1, -0.05) is 48.6 Å². The predicted molar refractivity (Wildman–Crippen MR) is 93.5 cm³/mol. The van der Waals surface area contributed by atoms with E-state index in [4.69, 9.17) is 5.73 Å². The van der Waals surface area contributed by atoms with E-state index in [0.717, 1.165) is 28.5 Å². The first-order chi connectivity index (χ1) is 10.7. The van der Waals surface area contributed by atoms with E-state index in [9.17, 15) is 4.79 Å². The van der Waals surface area contributed by atoms with E-state index in [2.05, 4.69) is 22.4 Å². The maximum absolute atomic E-state index is 12.4. The zero-order valence-electron chi connectivity index (χ0n) is 12.5. The van der Waals surface area contributed by atoms with Crippen LogP contribution in [-0.2, 0) is 11.2 Å². The lowest BCUT2D eigenvalue weighted by atomic mass is 9.99. The van der Waals surface area contributed by atoms with Crippen LogP contribution in [0.1, 0.15) is 23.4 Å². The monoisotopic (exact) mass is 336 g/mol. The summed E-state index contributed by atoms with van der Waals surface area (Å²) in [7, 11) is 0. The van der Waals surface area contributed by atoms with Crippen LogP contribution in [0.5, 0.6) is 0 Å². The standard InChI is InChI=1S/C15H20N4OS2/c1-2-21-9-8-13-18-19-15(22-13)17-14(20)12(10-16)11-6-4-3-5-7-11/h3-7,12H,2,8-10,16H2,1H3,(H,17,19,20). The number of nitrogens with one attached hydrogen (secondary N) is 1. The smallest absolute Gasteiger partial charge is 0.235 e. The maximum Gasteiger partial charge on any atom is 0.235 e. The molecule has 0 aliphatic carbocycles. The van der Waals surface area contributed by atoms with Crippen LogP contribution in [0.3, 0.4) is 0 Å². The average molecular weight is 336 g/mol. The highest BCUT2D eigenvalue weighted by molar-refractivity contribution is 7.99. The summed E-state index contributed by atoms with van der Waals surface area (Å²) in [4.78, 5) is 12.4. The fourth-order valence-corrected chi connectivity index (χ4v) is 3.48. The summed E-state index contributed by atoms with van der Waals surface area (Å²) in [5, 5.41) is 12.4. The van der Waals surface area contributed by atoms with Crippen molar-refractivity contribution < 1.29 is 4.79 Å². The van der Waals surface area contributed by atoms with Crippen molar-refractivity contribution in [3.63, 3.8) is 0 Å². The molecule has 2 aromatic rings. The molecule has 1 atom stereocenters. The van der Waals surface area contributed by atoms with Gasteiger partial charge in [-0.2, -0.15) is 11.8 Å². The number of carbonyl (C=O) groups is 1. The molecule has 0 spiro atoms. The second kappa shape index (κ2) is 8.87. The molecule has 0 saturated carbocycles. The Labute approximate surface area is 138 Å². The van der Waals surface area contributed by atoms with Gasteiger partial charge in [-0.15, -0.1) is 10.2 Å². The number of aryl methyl sites for hydroxylation is 1. The van der Waals surface area contributed by atoms with Crippen LogP contribution in [0.2, 0.25) is 0 Å². The van der Waals surface area contributed by atoms with Gasteiger partial charge in [0.1, 0.15) is 5.01 Å². The van der Waals surface area contributed by atoms with E-state index in [-0.39, 0.29) is 18.4 Å². The van der Waals surface area contributed by atoms with Crippen molar-refractivity contribution in [1.29, 1.82) is 0 Å². The summed E-state index contributed by atoms with van der Waals surface area (Å²) in [6, 6.07) is 9.54. The number of rotatable bonds is 8. The molecule has 0 bridgehead atoms. The lowest BCUT2D eigenvalue weighted by Crippen LogP contribution is -2.27. The van der Waals surface area contributed by atoms with Crippen LogP contribution < -0.4 is 11.1 Å². The van der Waals surface area contributed by atoms with Crippen molar-refractivity contribution in [2.45, 2.75) is 19.3 Å². The molecule has 2 rings (SSSR count). The number of nitrogens with two attached hydrogens (primary N) is 1. The Balaban J connectivity index is 1.96. The normalized spacial score (nSPS) is 12.1. The van der Waals surface area contributed by atoms with Crippen molar-refractivity contribution in [3.05, 3.63) is 40.9 Å². The van der Waals surface area contributed by atoms with Gasteiger partial charge < -0.3 is 5.73 Å². The molecule has 118 valence electrons. The van der Waals surface area contributed by atoms with E-state index in [1.165, 1.54) is 11.3 Å². The van der Waals surface area contributed by atoms with Gasteiger partial charge in [-0.25, -0.2) is 0 Å². The van der Waals surface area contributed by atoms with Crippen molar-refractivity contribution in [2.75, 3.05) is 23.4 Å². The third kappa shape index (κ3) is 4.79. The van der Waals surface area contributed by atoms with Gasteiger partial charge in [0.2, 0.25) is 11.0 Å². The zero-order valence-corrected chi connectivity index (χ0v) is 14.1. The number of hydrogen-bond acceptors (Lipinski definition) is 6.